The highest BCUT2D eigenvalue weighted by Gasteiger charge is 2.51. The number of benzene rings is 1. The monoisotopic (exact) mass is 766 g/mol. The fourth-order valence-electron chi connectivity index (χ4n) is 7.03. The molecule has 0 spiro atoms. The van der Waals surface area contributed by atoms with Gasteiger partial charge in [-0.05, 0) is 54.5 Å². The van der Waals surface area contributed by atoms with Gasteiger partial charge < -0.3 is 33.2 Å². The lowest BCUT2D eigenvalue weighted by Crippen LogP contribution is -2.49. The standard InChI is InChI=1S/C41H50O14/c1-22-33(50-25(4)43)19-32-36(52-27(6)45)18-31(21-49-24(3)42)35(55-37(48)17-16-30-14-12-11-13-15-30)20-34(51-26(5)44)23(2)39(53-28(7)46)40(54-29(8)47)38(22)41(32,9)10/h11-18,32-36,40H,19-21H2,1-10H3/b17-16+,31-18?,39-23-/t32-,33-,34-,35-,36-,40+/m0/s1. The maximum atomic E-state index is 13.5. The molecule has 14 nitrogen and oxygen atoms in total. The molecule has 55 heavy (non-hydrogen) atoms. The van der Waals surface area contributed by atoms with Crippen LogP contribution < -0.4 is 0 Å². The van der Waals surface area contributed by atoms with Crippen molar-refractivity contribution in [2.24, 2.45) is 11.3 Å². The maximum Gasteiger partial charge on any atom is 0.331 e. The van der Waals surface area contributed by atoms with Gasteiger partial charge in [-0.1, -0.05) is 44.2 Å². The van der Waals surface area contributed by atoms with Crippen LogP contribution in [0.4, 0.5) is 0 Å². The summed E-state index contributed by atoms with van der Waals surface area (Å²) in [5, 5.41) is 0. The zero-order valence-corrected chi connectivity index (χ0v) is 32.9. The van der Waals surface area contributed by atoms with Crippen molar-refractivity contribution in [3.8, 4) is 0 Å². The van der Waals surface area contributed by atoms with Crippen LogP contribution in [0.5, 0.6) is 0 Å². The average molecular weight is 767 g/mol. The second-order valence-corrected chi connectivity index (χ2v) is 14.0. The summed E-state index contributed by atoms with van der Waals surface area (Å²) in [6.45, 7) is 13.4. The van der Waals surface area contributed by atoms with Crippen molar-refractivity contribution in [3.63, 3.8) is 0 Å². The van der Waals surface area contributed by atoms with E-state index in [1.165, 1.54) is 45.9 Å². The van der Waals surface area contributed by atoms with Crippen LogP contribution in [-0.4, -0.2) is 78.9 Å². The molecule has 298 valence electrons. The molecule has 0 amide bonds. The smallest absolute Gasteiger partial charge is 0.331 e. The Morgan fingerprint density at radius 3 is 1.76 bits per heavy atom. The number of hydrogen-bond donors (Lipinski definition) is 0. The van der Waals surface area contributed by atoms with Gasteiger partial charge in [0, 0.05) is 71.1 Å². The fraction of sp³-hybridized carbons (Fsp3) is 0.488. The highest BCUT2D eigenvalue weighted by Crippen LogP contribution is 2.52. The Morgan fingerprint density at radius 1 is 0.673 bits per heavy atom. The van der Waals surface area contributed by atoms with E-state index in [9.17, 15) is 33.6 Å². The third-order valence-corrected chi connectivity index (χ3v) is 9.35. The van der Waals surface area contributed by atoms with E-state index in [0.29, 0.717) is 16.7 Å². The molecule has 0 fully saturated rings. The van der Waals surface area contributed by atoms with E-state index >= 15 is 0 Å². The molecule has 2 aliphatic carbocycles. The number of carbonyl (C=O) groups is 7. The summed E-state index contributed by atoms with van der Waals surface area (Å²) in [5.74, 6) is -6.12. The van der Waals surface area contributed by atoms with E-state index in [-0.39, 0.29) is 29.7 Å². The molecule has 2 bridgehead atoms. The predicted octanol–water partition coefficient (Wildman–Crippen LogP) is 5.43. The fourth-order valence-corrected chi connectivity index (χ4v) is 7.03. The van der Waals surface area contributed by atoms with Gasteiger partial charge in [0.25, 0.3) is 0 Å². The van der Waals surface area contributed by atoms with E-state index in [1.807, 2.05) is 6.07 Å². The largest absolute Gasteiger partial charge is 0.461 e. The zero-order chi connectivity index (χ0) is 41.2. The van der Waals surface area contributed by atoms with Gasteiger partial charge in [0.2, 0.25) is 0 Å². The molecule has 2 aliphatic rings. The number of hydrogen-bond acceptors (Lipinski definition) is 14. The van der Waals surface area contributed by atoms with E-state index in [1.54, 1.807) is 45.0 Å². The van der Waals surface area contributed by atoms with Crippen molar-refractivity contribution in [1.29, 1.82) is 0 Å². The highest BCUT2D eigenvalue weighted by atomic mass is 16.6. The molecule has 0 aromatic heterocycles. The van der Waals surface area contributed by atoms with Crippen LogP contribution in [0, 0.1) is 11.3 Å². The second kappa shape index (κ2) is 19.2. The molecule has 0 heterocycles. The van der Waals surface area contributed by atoms with Crippen molar-refractivity contribution in [1.82, 2.24) is 0 Å². The van der Waals surface area contributed by atoms with Gasteiger partial charge in [0.15, 0.2) is 11.9 Å². The summed E-state index contributed by atoms with van der Waals surface area (Å²) in [6.07, 6.45) is -2.22. The number of esters is 7. The minimum absolute atomic E-state index is 0.0932. The van der Waals surface area contributed by atoms with Crippen LogP contribution >= 0.6 is 0 Å². The molecular formula is C41H50O14. The topological polar surface area (TPSA) is 184 Å². The van der Waals surface area contributed by atoms with Gasteiger partial charge in [-0.25, -0.2) is 4.79 Å². The SMILES string of the molecule is CC(=O)OCC1=C[C@H](OC(C)=O)[C@@H]2C[C@H](OC(C)=O)C(C)=C([C@@H](OC(C)=O)/C(OC(C)=O)=C(\C)[C@@H](OC(C)=O)C[C@@H]1OC(=O)/C=C/c1ccccc1)C2(C)C. The minimum Gasteiger partial charge on any atom is -0.461 e. The van der Waals surface area contributed by atoms with Gasteiger partial charge in [0.1, 0.15) is 31.0 Å². The van der Waals surface area contributed by atoms with Gasteiger partial charge in [-0.15, -0.1) is 0 Å². The second-order valence-electron chi connectivity index (χ2n) is 14.0. The molecule has 0 saturated heterocycles. The average Bonchev–Trinajstić information content (AvgIpc) is 3.06. The number of carbonyl (C=O) groups excluding carboxylic acids is 7. The quantitative estimate of drug-likeness (QED) is 0.127. The molecule has 0 radical (unpaired) electrons. The first-order valence-corrected chi connectivity index (χ1v) is 17.8. The van der Waals surface area contributed by atoms with Gasteiger partial charge in [-0.3, -0.25) is 28.8 Å². The van der Waals surface area contributed by atoms with Gasteiger partial charge in [0.05, 0.1) is 0 Å². The molecule has 3 rings (SSSR count). The first-order chi connectivity index (χ1) is 25.7. The van der Waals surface area contributed by atoms with E-state index in [0.717, 1.165) is 20.8 Å². The molecule has 1 aromatic carbocycles. The lowest BCUT2D eigenvalue weighted by atomic mass is 9.60. The Bertz CT molecular complexity index is 1780. The van der Waals surface area contributed by atoms with Crippen molar-refractivity contribution in [2.75, 3.05) is 6.61 Å². The van der Waals surface area contributed by atoms with Crippen LogP contribution in [0.25, 0.3) is 6.08 Å². The van der Waals surface area contributed by atoms with E-state index < -0.39 is 90.2 Å². The molecule has 0 saturated carbocycles. The van der Waals surface area contributed by atoms with Crippen LogP contribution in [0.15, 0.2) is 70.5 Å². The number of fused-ring (bicyclic) bond motifs is 2. The third kappa shape index (κ3) is 12.2. The predicted molar refractivity (Wildman–Crippen MR) is 196 cm³/mol. The molecule has 0 N–H and O–H groups in total. The number of ether oxygens (including phenoxy) is 7. The molecule has 14 heteroatoms. The Kier molecular flexibility index (Phi) is 15.3. The summed E-state index contributed by atoms with van der Waals surface area (Å²) in [5.41, 5.74) is 0.698. The van der Waals surface area contributed by atoms with Crippen LogP contribution in [0.2, 0.25) is 0 Å². The van der Waals surface area contributed by atoms with Crippen molar-refractivity contribution in [2.45, 2.75) is 113 Å². The summed E-state index contributed by atoms with van der Waals surface area (Å²) in [7, 11) is 0. The first-order valence-electron chi connectivity index (χ1n) is 17.8. The Morgan fingerprint density at radius 2 is 1.24 bits per heavy atom. The molecule has 0 unspecified atom stereocenters. The zero-order valence-electron chi connectivity index (χ0n) is 32.9. The van der Waals surface area contributed by atoms with Crippen molar-refractivity contribution >= 4 is 47.9 Å². The highest BCUT2D eigenvalue weighted by molar-refractivity contribution is 5.87. The molecule has 6 atom stereocenters. The maximum absolute atomic E-state index is 13.5. The number of rotatable bonds is 10. The Balaban J connectivity index is 2.51. The van der Waals surface area contributed by atoms with Gasteiger partial charge in [-0.2, -0.15) is 0 Å². The molecule has 1 aromatic rings. The van der Waals surface area contributed by atoms with Crippen molar-refractivity contribution in [3.05, 3.63) is 76.1 Å². The van der Waals surface area contributed by atoms with Gasteiger partial charge >= 0.3 is 41.8 Å². The summed E-state index contributed by atoms with van der Waals surface area (Å²) in [4.78, 5) is 89.4. The lowest BCUT2D eigenvalue weighted by molar-refractivity contribution is -0.156. The van der Waals surface area contributed by atoms with Crippen LogP contribution in [0.1, 0.15) is 87.6 Å². The molecular weight excluding hydrogens is 716 g/mol. The summed E-state index contributed by atoms with van der Waals surface area (Å²) in [6, 6.07) is 8.94. The van der Waals surface area contributed by atoms with Crippen molar-refractivity contribution < 1.29 is 66.7 Å². The molecule has 0 aliphatic heterocycles. The lowest BCUT2D eigenvalue weighted by Gasteiger charge is -2.48. The Labute approximate surface area is 320 Å². The minimum atomic E-state index is -1.45. The normalized spacial score (nSPS) is 25.2. The van der Waals surface area contributed by atoms with Crippen LogP contribution in [-0.2, 0) is 66.7 Å². The van der Waals surface area contributed by atoms with E-state index in [2.05, 4.69) is 0 Å². The Hall–Kier alpha value is -5.53. The van der Waals surface area contributed by atoms with E-state index in [4.69, 9.17) is 33.2 Å². The van der Waals surface area contributed by atoms with Crippen LogP contribution in [0.3, 0.4) is 0 Å². The summed E-state index contributed by atoms with van der Waals surface area (Å²) >= 11 is 0. The first kappa shape index (κ1) is 43.9. The summed E-state index contributed by atoms with van der Waals surface area (Å²) < 4.78 is 40.8. The third-order valence-electron chi connectivity index (χ3n) is 9.35.